The monoisotopic (exact) mass is 814 g/mol. The van der Waals surface area contributed by atoms with E-state index >= 15 is 0 Å². The van der Waals surface area contributed by atoms with Crippen molar-refractivity contribution >= 4 is 60.4 Å². The van der Waals surface area contributed by atoms with Crippen molar-refractivity contribution in [3.8, 4) is 50.2 Å². The van der Waals surface area contributed by atoms with E-state index in [2.05, 4.69) is 264 Å². The summed E-state index contributed by atoms with van der Waals surface area (Å²) in [6.07, 6.45) is 0. The quantitative estimate of drug-likeness (QED) is 0.148. The number of rotatable bonds is 8. The zero-order valence-electron chi connectivity index (χ0n) is 35.1. The second kappa shape index (κ2) is 15.8. The van der Waals surface area contributed by atoms with Gasteiger partial charge < -0.3 is 9.47 Å². The molecule has 11 aromatic carbocycles. The van der Waals surface area contributed by atoms with Gasteiger partial charge in [0, 0.05) is 33.2 Å². The molecule has 0 saturated carbocycles. The Bertz CT molecular complexity index is 3580. The molecule has 0 bridgehead atoms. The summed E-state index contributed by atoms with van der Waals surface area (Å²) in [4.78, 5) is 2.40. The lowest BCUT2D eigenvalue weighted by atomic mass is 9.92. The summed E-state index contributed by atoms with van der Waals surface area (Å²) < 4.78 is 2.42. The lowest BCUT2D eigenvalue weighted by Crippen LogP contribution is -2.10. The van der Waals surface area contributed by atoms with Gasteiger partial charge in [0.25, 0.3) is 0 Å². The van der Waals surface area contributed by atoms with Crippen molar-refractivity contribution in [2.75, 3.05) is 4.90 Å². The summed E-state index contributed by atoms with van der Waals surface area (Å²) in [6.45, 7) is 0. The van der Waals surface area contributed by atoms with Crippen LogP contribution in [0, 0.1) is 0 Å². The van der Waals surface area contributed by atoms with Gasteiger partial charge in [0.05, 0.1) is 16.7 Å². The fourth-order valence-corrected chi connectivity index (χ4v) is 9.75. The Balaban J connectivity index is 0.973. The van der Waals surface area contributed by atoms with Gasteiger partial charge in [0.15, 0.2) is 0 Å². The number of hydrogen-bond acceptors (Lipinski definition) is 1. The van der Waals surface area contributed by atoms with E-state index in [0.29, 0.717) is 0 Å². The molecule has 12 rings (SSSR count). The van der Waals surface area contributed by atoms with E-state index in [-0.39, 0.29) is 0 Å². The molecule has 0 N–H and O–H groups in total. The largest absolute Gasteiger partial charge is 0.310 e. The van der Waals surface area contributed by atoms with Crippen LogP contribution < -0.4 is 4.90 Å². The van der Waals surface area contributed by atoms with Crippen LogP contribution in [0.1, 0.15) is 0 Å². The Morgan fingerprint density at radius 3 is 1.27 bits per heavy atom. The van der Waals surface area contributed by atoms with Crippen molar-refractivity contribution in [1.82, 2.24) is 4.57 Å². The molecule has 0 radical (unpaired) electrons. The van der Waals surface area contributed by atoms with Gasteiger partial charge in [0.1, 0.15) is 0 Å². The second-order valence-corrected chi connectivity index (χ2v) is 16.5. The van der Waals surface area contributed by atoms with E-state index < -0.39 is 0 Å². The first-order valence-corrected chi connectivity index (χ1v) is 22.0. The van der Waals surface area contributed by atoms with Gasteiger partial charge >= 0.3 is 0 Å². The number of hydrogen-bond donors (Lipinski definition) is 0. The van der Waals surface area contributed by atoms with E-state index in [0.717, 1.165) is 33.9 Å². The average Bonchev–Trinajstić information content (AvgIpc) is 3.71. The van der Waals surface area contributed by atoms with Crippen molar-refractivity contribution in [1.29, 1.82) is 0 Å². The third-order valence-corrected chi connectivity index (χ3v) is 12.8. The van der Waals surface area contributed by atoms with Crippen LogP contribution in [0.4, 0.5) is 17.1 Å². The first kappa shape index (κ1) is 37.3. The highest BCUT2D eigenvalue weighted by molar-refractivity contribution is 6.09. The van der Waals surface area contributed by atoms with Crippen LogP contribution in [0.5, 0.6) is 0 Å². The minimum atomic E-state index is 1.09. The summed E-state index contributed by atoms with van der Waals surface area (Å²) >= 11 is 0. The lowest BCUT2D eigenvalue weighted by Gasteiger charge is -2.27. The molecule has 12 aromatic rings. The highest BCUT2D eigenvalue weighted by Gasteiger charge is 2.18. The zero-order chi connectivity index (χ0) is 42.4. The molecule has 0 aliphatic heterocycles. The Kier molecular flexibility index (Phi) is 9.20. The fourth-order valence-electron chi connectivity index (χ4n) is 9.75. The van der Waals surface area contributed by atoms with Crippen LogP contribution in [0.3, 0.4) is 0 Å². The molecule has 0 aliphatic rings. The number of nitrogens with zero attached hydrogens (tertiary/aromatic N) is 2. The number of aromatic nitrogens is 1. The Hall–Kier alpha value is -8.46. The molecule has 0 unspecified atom stereocenters. The second-order valence-electron chi connectivity index (χ2n) is 16.5. The maximum absolute atomic E-state index is 2.42. The van der Waals surface area contributed by atoms with E-state index in [1.54, 1.807) is 0 Å². The number of fused-ring (bicyclic) bond motifs is 5. The molecule has 0 aliphatic carbocycles. The highest BCUT2D eigenvalue weighted by atomic mass is 15.1. The third kappa shape index (κ3) is 6.52. The molecule has 2 nitrogen and oxygen atoms in total. The first-order valence-electron chi connectivity index (χ1n) is 22.0. The van der Waals surface area contributed by atoms with Crippen LogP contribution in [-0.2, 0) is 0 Å². The summed E-state index contributed by atoms with van der Waals surface area (Å²) in [5.41, 5.74) is 16.4. The van der Waals surface area contributed by atoms with Crippen LogP contribution >= 0.6 is 0 Å². The standard InChI is InChI=1S/C62H42N2/c1-3-16-43(17-4-1)48-40-49(42-52(41-48)64-61-27-13-11-25-58(61)59-26-12-14-28-62(59)64)44-30-34-50(35-31-44)63(60-29-15-21-46-20-7-8-22-55(46)60)51-36-32-47(33-37-51)54-39-38-53(45-18-5-2-6-19-45)56-23-9-10-24-57(54)56/h1-42H. The van der Waals surface area contributed by atoms with Crippen LogP contribution in [0.25, 0.3) is 93.5 Å². The van der Waals surface area contributed by atoms with Crippen molar-refractivity contribution in [2.45, 2.75) is 0 Å². The smallest absolute Gasteiger partial charge is 0.0541 e. The SMILES string of the molecule is c1ccc(-c2cc(-c3ccc(N(c4ccc(-c5ccc(-c6ccccc6)c6ccccc56)cc4)c4cccc5ccccc45)cc3)cc(-n3c4ccccc4c4ccccc43)c2)cc1. The molecule has 1 aromatic heterocycles. The molecule has 0 atom stereocenters. The van der Waals surface area contributed by atoms with Gasteiger partial charge in [-0.1, -0.05) is 194 Å². The summed E-state index contributed by atoms with van der Waals surface area (Å²) in [7, 11) is 0. The normalized spacial score (nSPS) is 11.4. The maximum Gasteiger partial charge on any atom is 0.0541 e. The van der Waals surface area contributed by atoms with Gasteiger partial charge in [-0.3, -0.25) is 0 Å². The molecule has 1 heterocycles. The third-order valence-electron chi connectivity index (χ3n) is 12.8. The predicted octanol–water partition coefficient (Wildman–Crippen LogP) is 17.2. The molecule has 300 valence electrons. The van der Waals surface area contributed by atoms with E-state index in [1.165, 1.54) is 76.7 Å². The summed E-state index contributed by atoms with van der Waals surface area (Å²) in [6, 6.07) is 92.7. The molecular weight excluding hydrogens is 773 g/mol. The summed E-state index contributed by atoms with van der Waals surface area (Å²) in [5.74, 6) is 0. The minimum absolute atomic E-state index is 1.09. The van der Waals surface area contributed by atoms with Crippen LogP contribution in [0.15, 0.2) is 255 Å². The zero-order valence-corrected chi connectivity index (χ0v) is 35.1. The van der Waals surface area contributed by atoms with Crippen molar-refractivity contribution < 1.29 is 0 Å². The van der Waals surface area contributed by atoms with Gasteiger partial charge in [-0.25, -0.2) is 0 Å². The Labute approximate surface area is 373 Å². The minimum Gasteiger partial charge on any atom is -0.310 e. The molecular formula is C62H42N2. The molecule has 0 amide bonds. The van der Waals surface area contributed by atoms with Crippen LogP contribution in [0.2, 0.25) is 0 Å². The van der Waals surface area contributed by atoms with E-state index in [1.807, 2.05) is 0 Å². The van der Waals surface area contributed by atoms with Gasteiger partial charge in [-0.2, -0.15) is 0 Å². The molecule has 0 fully saturated rings. The summed E-state index contributed by atoms with van der Waals surface area (Å²) in [5, 5.41) is 7.42. The van der Waals surface area contributed by atoms with E-state index in [4.69, 9.17) is 0 Å². The molecule has 64 heavy (non-hydrogen) atoms. The topological polar surface area (TPSA) is 8.17 Å². The van der Waals surface area contributed by atoms with Gasteiger partial charge in [-0.15, -0.1) is 0 Å². The lowest BCUT2D eigenvalue weighted by molar-refractivity contribution is 1.18. The van der Waals surface area contributed by atoms with E-state index in [9.17, 15) is 0 Å². The van der Waals surface area contributed by atoms with Gasteiger partial charge in [-0.05, 0) is 121 Å². The van der Waals surface area contributed by atoms with Gasteiger partial charge in [0.2, 0.25) is 0 Å². The van der Waals surface area contributed by atoms with Crippen molar-refractivity contribution in [2.24, 2.45) is 0 Å². The average molecular weight is 815 g/mol. The Morgan fingerprint density at radius 2 is 0.688 bits per heavy atom. The number of benzene rings is 11. The molecule has 0 saturated heterocycles. The van der Waals surface area contributed by atoms with Crippen molar-refractivity contribution in [3.63, 3.8) is 0 Å². The Morgan fingerprint density at radius 1 is 0.266 bits per heavy atom. The first-order chi connectivity index (χ1) is 31.7. The maximum atomic E-state index is 2.42. The number of para-hydroxylation sites is 2. The molecule has 0 spiro atoms. The van der Waals surface area contributed by atoms with Crippen LogP contribution in [-0.4, -0.2) is 4.57 Å². The fraction of sp³-hybridized carbons (Fsp3) is 0. The highest BCUT2D eigenvalue weighted by Crippen LogP contribution is 2.43. The predicted molar refractivity (Wildman–Crippen MR) is 272 cm³/mol. The molecule has 2 heteroatoms. The number of anilines is 3. The van der Waals surface area contributed by atoms with Crippen molar-refractivity contribution in [3.05, 3.63) is 255 Å².